The summed E-state index contributed by atoms with van der Waals surface area (Å²) in [6.07, 6.45) is 5.38. The second kappa shape index (κ2) is 14.9. The van der Waals surface area contributed by atoms with Gasteiger partial charge in [0, 0.05) is 19.0 Å². The molecule has 3 aromatic carbocycles. The first kappa shape index (κ1) is 28.8. The van der Waals surface area contributed by atoms with Gasteiger partial charge in [-0.2, -0.15) is 0 Å². The van der Waals surface area contributed by atoms with E-state index in [0.717, 1.165) is 48.8 Å². The Kier molecular flexibility index (Phi) is 12.3. The number of carboxylic acids is 1. The third-order valence-electron chi connectivity index (χ3n) is 6.24. The first-order valence-electron chi connectivity index (χ1n) is 12.3. The molecule has 0 unspecified atom stereocenters. The van der Waals surface area contributed by atoms with Gasteiger partial charge in [-0.3, -0.25) is 4.79 Å². The van der Waals surface area contributed by atoms with E-state index in [-0.39, 0.29) is 47.1 Å². The third kappa shape index (κ3) is 8.64. The number of carbonyl (C=O) groups is 2. The van der Waals surface area contributed by atoms with Crippen molar-refractivity contribution in [2.75, 3.05) is 0 Å². The molecule has 0 atom stereocenters. The van der Waals surface area contributed by atoms with Crippen LogP contribution in [-0.4, -0.2) is 22.8 Å². The van der Waals surface area contributed by atoms with E-state index in [1.54, 1.807) is 24.3 Å². The summed E-state index contributed by atoms with van der Waals surface area (Å²) >= 11 is 0. The van der Waals surface area contributed by atoms with Crippen LogP contribution in [0.1, 0.15) is 67.4 Å². The Morgan fingerprint density at radius 1 is 0.771 bits per heavy atom. The molecular formula is C30H34NNaO3. The maximum Gasteiger partial charge on any atom is 1.00 e. The van der Waals surface area contributed by atoms with Gasteiger partial charge >= 0.3 is 29.6 Å². The van der Waals surface area contributed by atoms with Crippen LogP contribution in [0.5, 0.6) is 0 Å². The Balaban J connectivity index is 0.00000432. The van der Waals surface area contributed by atoms with E-state index < -0.39 is 5.97 Å². The summed E-state index contributed by atoms with van der Waals surface area (Å²) in [5, 5.41) is 11.0. The van der Waals surface area contributed by atoms with Crippen molar-refractivity contribution >= 4 is 11.9 Å². The first-order valence-corrected chi connectivity index (χ1v) is 12.3. The molecule has 0 aliphatic carbocycles. The molecule has 0 N–H and O–H groups in total. The Hall–Kier alpha value is -2.40. The molecular weight excluding hydrogens is 445 g/mol. The quantitative estimate of drug-likeness (QED) is 0.375. The fourth-order valence-electron chi connectivity index (χ4n) is 4.38. The van der Waals surface area contributed by atoms with E-state index in [1.165, 1.54) is 5.56 Å². The summed E-state index contributed by atoms with van der Waals surface area (Å²) in [7, 11) is 0. The molecule has 35 heavy (non-hydrogen) atoms. The van der Waals surface area contributed by atoms with Gasteiger partial charge in [-0.15, -0.1) is 0 Å². The molecule has 0 saturated carbocycles. The molecule has 1 amide bonds. The van der Waals surface area contributed by atoms with Crippen molar-refractivity contribution in [3.8, 4) is 11.1 Å². The zero-order valence-electron chi connectivity index (χ0n) is 21.2. The van der Waals surface area contributed by atoms with Gasteiger partial charge in [0.05, 0.1) is 5.97 Å². The van der Waals surface area contributed by atoms with Gasteiger partial charge in [0.15, 0.2) is 0 Å². The predicted octanol–water partition coefficient (Wildman–Crippen LogP) is 2.65. The predicted molar refractivity (Wildman–Crippen MR) is 135 cm³/mol. The average molecular weight is 480 g/mol. The summed E-state index contributed by atoms with van der Waals surface area (Å²) in [4.78, 5) is 26.4. The van der Waals surface area contributed by atoms with Crippen molar-refractivity contribution in [1.82, 2.24) is 4.90 Å². The zero-order valence-corrected chi connectivity index (χ0v) is 23.2. The number of hydrogen-bond acceptors (Lipinski definition) is 3. The van der Waals surface area contributed by atoms with E-state index in [0.29, 0.717) is 13.0 Å². The number of benzene rings is 3. The van der Waals surface area contributed by atoms with Gasteiger partial charge in [0.1, 0.15) is 0 Å². The SMILES string of the molecule is CCCC(CCC)N(Cc1ccc(-c2ccc(C(=O)[O-])cc2)cc1)C(=O)CCc1ccccc1.[Na+]. The molecule has 0 bridgehead atoms. The fourth-order valence-corrected chi connectivity index (χ4v) is 4.38. The summed E-state index contributed by atoms with van der Waals surface area (Å²) < 4.78 is 0. The van der Waals surface area contributed by atoms with Crippen molar-refractivity contribution in [3.05, 3.63) is 95.6 Å². The minimum absolute atomic E-state index is 0. The van der Waals surface area contributed by atoms with E-state index in [1.807, 2.05) is 30.3 Å². The maximum atomic E-state index is 13.4. The standard InChI is InChI=1S/C30H35NO3.Na/c1-3-8-28(9-4-2)31(29(32)21-14-23-10-6-5-7-11-23)22-24-12-15-25(16-13-24)26-17-19-27(20-18-26)30(33)34;/h5-7,10-13,15-20,28H,3-4,8-9,14,21-22H2,1-2H3,(H,33,34);/q;+1/p-1. The van der Waals surface area contributed by atoms with Gasteiger partial charge in [-0.1, -0.05) is 106 Å². The van der Waals surface area contributed by atoms with E-state index >= 15 is 0 Å². The summed E-state index contributed by atoms with van der Waals surface area (Å²) in [6.45, 7) is 4.95. The zero-order chi connectivity index (χ0) is 24.3. The number of rotatable bonds is 12. The number of carboxylic acid groups (broad SMARTS) is 1. The second-order valence-corrected chi connectivity index (χ2v) is 8.80. The van der Waals surface area contributed by atoms with Crippen molar-refractivity contribution in [2.24, 2.45) is 0 Å². The van der Waals surface area contributed by atoms with Crippen LogP contribution in [0.2, 0.25) is 0 Å². The number of aryl methyl sites for hydroxylation is 1. The van der Waals surface area contributed by atoms with Crippen molar-refractivity contribution < 1.29 is 44.3 Å². The van der Waals surface area contributed by atoms with E-state index in [2.05, 4.69) is 43.0 Å². The average Bonchev–Trinajstić information content (AvgIpc) is 2.87. The molecule has 3 aromatic rings. The monoisotopic (exact) mass is 479 g/mol. The topological polar surface area (TPSA) is 60.4 Å². The smallest absolute Gasteiger partial charge is 0.545 e. The fraction of sp³-hybridized carbons (Fsp3) is 0.333. The van der Waals surface area contributed by atoms with E-state index in [9.17, 15) is 14.7 Å². The number of aromatic carboxylic acids is 1. The van der Waals surface area contributed by atoms with Crippen LogP contribution in [0, 0.1) is 0 Å². The van der Waals surface area contributed by atoms with Gasteiger partial charge in [0.25, 0.3) is 0 Å². The Morgan fingerprint density at radius 3 is 1.83 bits per heavy atom. The maximum absolute atomic E-state index is 13.4. The summed E-state index contributed by atoms with van der Waals surface area (Å²) in [5.74, 6) is -0.967. The molecule has 0 heterocycles. The molecule has 0 fully saturated rings. The molecule has 0 saturated heterocycles. The number of amides is 1. The van der Waals surface area contributed by atoms with Crippen LogP contribution in [-0.2, 0) is 17.8 Å². The second-order valence-electron chi connectivity index (χ2n) is 8.80. The van der Waals surface area contributed by atoms with Crippen LogP contribution >= 0.6 is 0 Å². The Morgan fingerprint density at radius 2 is 1.31 bits per heavy atom. The van der Waals surface area contributed by atoms with Crippen LogP contribution in [0.4, 0.5) is 0 Å². The van der Waals surface area contributed by atoms with Gasteiger partial charge in [-0.05, 0) is 47.1 Å². The molecule has 4 nitrogen and oxygen atoms in total. The third-order valence-corrected chi connectivity index (χ3v) is 6.24. The molecule has 3 rings (SSSR count). The minimum Gasteiger partial charge on any atom is -0.545 e. The van der Waals surface area contributed by atoms with Crippen LogP contribution in [0.3, 0.4) is 0 Å². The molecule has 5 heteroatoms. The normalized spacial score (nSPS) is 10.6. The Labute approximate surface area is 231 Å². The molecule has 0 aromatic heterocycles. The first-order chi connectivity index (χ1) is 16.5. The molecule has 178 valence electrons. The van der Waals surface area contributed by atoms with Gasteiger partial charge in [0.2, 0.25) is 5.91 Å². The van der Waals surface area contributed by atoms with E-state index in [4.69, 9.17) is 0 Å². The molecule has 0 spiro atoms. The Bertz CT molecular complexity index is 1040. The summed E-state index contributed by atoms with van der Waals surface area (Å²) in [6, 6.07) is 25.3. The van der Waals surface area contributed by atoms with Gasteiger partial charge in [-0.25, -0.2) is 0 Å². The van der Waals surface area contributed by atoms with Crippen LogP contribution in [0.25, 0.3) is 11.1 Å². The van der Waals surface area contributed by atoms with Crippen molar-refractivity contribution in [1.29, 1.82) is 0 Å². The largest absolute Gasteiger partial charge is 1.00 e. The minimum atomic E-state index is -1.17. The molecule has 0 aliphatic rings. The van der Waals surface area contributed by atoms with Crippen molar-refractivity contribution in [3.63, 3.8) is 0 Å². The van der Waals surface area contributed by atoms with Crippen LogP contribution < -0.4 is 34.7 Å². The number of carbonyl (C=O) groups excluding carboxylic acids is 2. The molecule has 0 aliphatic heterocycles. The summed E-state index contributed by atoms with van der Waals surface area (Å²) in [5.41, 5.74) is 4.41. The van der Waals surface area contributed by atoms with Crippen LogP contribution in [0.15, 0.2) is 78.9 Å². The van der Waals surface area contributed by atoms with Crippen molar-refractivity contribution in [2.45, 2.75) is 65.0 Å². The van der Waals surface area contributed by atoms with Gasteiger partial charge < -0.3 is 14.8 Å². The number of hydrogen-bond donors (Lipinski definition) is 0. The number of nitrogens with zero attached hydrogens (tertiary/aromatic N) is 1. The molecule has 0 radical (unpaired) electrons.